The number of nitrogens with zero attached hydrogens (tertiary/aromatic N) is 3. The Kier molecular flexibility index (Phi) is 5.84. The van der Waals surface area contributed by atoms with Crippen molar-refractivity contribution in [3.8, 4) is 11.8 Å². The molecule has 2 aliphatic rings. The van der Waals surface area contributed by atoms with Gasteiger partial charge in [-0.05, 0) is 36.8 Å². The standard InChI is InChI=1S/C22H20BrN3O2S/c1-2-28-20-6-4-3-5-19(20)25-13-26-21(27)11-17(15-7-9-16(23)10-8-15)18(12-24)22(26)29-14-25/h3-10,17H,2,11,13-14H2,1H3/t17-/m0/s1. The zero-order valence-corrected chi connectivity index (χ0v) is 18.4. The van der Waals surface area contributed by atoms with Crippen molar-refractivity contribution in [1.29, 1.82) is 5.26 Å². The van der Waals surface area contributed by atoms with Crippen LogP contribution in [0.25, 0.3) is 0 Å². The van der Waals surface area contributed by atoms with Crippen LogP contribution in [0.3, 0.4) is 0 Å². The van der Waals surface area contributed by atoms with Crippen LogP contribution in [-0.2, 0) is 4.79 Å². The SMILES string of the molecule is CCOc1ccccc1N1CSC2=C(C#N)[C@H](c3ccc(Br)cc3)CC(=O)N2C1. The Bertz CT molecular complexity index is 1000. The summed E-state index contributed by atoms with van der Waals surface area (Å²) in [5.41, 5.74) is 2.63. The molecule has 1 amide bonds. The first-order valence-electron chi connectivity index (χ1n) is 9.42. The molecule has 7 heteroatoms. The average molecular weight is 470 g/mol. The zero-order valence-electron chi connectivity index (χ0n) is 16.0. The molecule has 1 fully saturated rings. The lowest BCUT2D eigenvalue weighted by molar-refractivity contribution is -0.129. The fourth-order valence-electron chi connectivity index (χ4n) is 3.69. The highest BCUT2D eigenvalue weighted by Gasteiger charge is 2.38. The molecule has 4 rings (SSSR count). The van der Waals surface area contributed by atoms with Gasteiger partial charge in [0.2, 0.25) is 5.91 Å². The summed E-state index contributed by atoms with van der Waals surface area (Å²) >= 11 is 4.98. The van der Waals surface area contributed by atoms with Crippen LogP contribution in [0.4, 0.5) is 5.69 Å². The minimum Gasteiger partial charge on any atom is -0.492 e. The van der Waals surface area contributed by atoms with Crippen LogP contribution in [0, 0.1) is 11.3 Å². The Hall–Kier alpha value is -2.43. The second kappa shape index (κ2) is 8.52. The minimum absolute atomic E-state index is 0.0398. The Labute approximate surface area is 183 Å². The number of ether oxygens (including phenoxy) is 1. The van der Waals surface area contributed by atoms with Gasteiger partial charge in [0.25, 0.3) is 0 Å². The van der Waals surface area contributed by atoms with Crippen molar-refractivity contribution in [2.75, 3.05) is 24.1 Å². The molecule has 1 atom stereocenters. The number of hydrogen-bond acceptors (Lipinski definition) is 5. The maximum Gasteiger partial charge on any atom is 0.229 e. The molecule has 29 heavy (non-hydrogen) atoms. The molecule has 148 valence electrons. The number of benzene rings is 2. The summed E-state index contributed by atoms with van der Waals surface area (Å²) in [6.45, 7) is 2.96. The van der Waals surface area contributed by atoms with Gasteiger partial charge in [-0.25, -0.2) is 0 Å². The third-order valence-electron chi connectivity index (χ3n) is 5.07. The number of allylic oxidation sites excluding steroid dienone is 1. The Morgan fingerprint density at radius 3 is 2.72 bits per heavy atom. The quantitative estimate of drug-likeness (QED) is 0.625. The van der Waals surface area contributed by atoms with Gasteiger partial charge in [-0.1, -0.05) is 52.0 Å². The first-order valence-corrected chi connectivity index (χ1v) is 11.2. The Morgan fingerprint density at radius 2 is 2.00 bits per heavy atom. The number of para-hydroxylation sites is 2. The number of hydrogen-bond donors (Lipinski definition) is 0. The summed E-state index contributed by atoms with van der Waals surface area (Å²) in [5.74, 6) is 1.31. The predicted octanol–water partition coefficient (Wildman–Crippen LogP) is 5.07. The molecule has 2 heterocycles. The Morgan fingerprint density at radius 1 is 1.24 bits per heavy atom. The maximum absolute atomic E-state index is 13.0. The second-order valence-corrected chi connectivity index (χ2v) is 8.67. The van der Waals surface area contributed by atoms with Gasteiger partial charge in [-0.15, -0.1) is 0 Å². The molecule has 2 aromatic carbocycles. The summed E-state index contributed by atoms with van der Waals surface area (Å²) in [4.78, 5) is 16.9. The fourth-order valence-corrected chi connectivity index (χ4v) is 5.11. The van der Waals surface area contributed by atoms with E-state index in [1.54, 1.807) is 4.90 Å². The molecule has 5 nitrogen and oxygen atoms in total. The van der Waals surface area contributed by atoms with Crippen LogP contribution in [0.1, 0.15) is 24.8 Å². The molecule has 0 bridgehead atoms. The topological polar surface area (TPSA) is 56.6 Å². The molecule has 2 aromatic rings. The van der Waals surface area contributed by atoms with Crippen molar-refractivity contribution in [2.45, 2.75) is 19.3 Å². The van der Waals surface area contributed by atoms with Crippen molar-refractivity contribution >= 4 is 39.3 Å². The zero-order chi connectivity index (χ0) is 20.4. The van der Waals surface area contributed by atoms with Gasteiger partial charge in [0, 0.05) is 16.8 Å². The summed E-state index contributed by atoms with van der Waals surface area (Å²) in [6.07, 6.45) is 0.301. The normalized spacial score (nSPS) is 19.1. The van der Waals surface area contributed by atoms with E-state index in [9.17, 15) is 10.1 Å². The second-order valence-electron chi connectivity index (χ2n) is 6.82. The summed E-state index contributed by atoms with van der Waals surface area (Å²) in [5, 5.41) is 10.7. The smallest absolute Gasteiger partial charge is 0.229 e. The number of rotatable bonds is 4. The average Bonchev–Trinajstić information content (AvgIpc) is 2.75. The van der Waals surface area contributed by atoms with Crippen LogP contribution in [-0.4, -0.2) is 30.0 Å². The van der Waals surface area contributed by atoms with Crippen LogP contribution in [0.5, 0.6) is 5.75 Å². The predicted molar refractivity (Wildman–Crippen MR) is 118 cm³/mol. The van der Waals surface area contributed by atoms with Gasteiger partial charge < -0.3 is 9.64 Å². The van der Waals surface area contributed by atoms with Crippen molar-refractivity contribution < 1.29 is 9.53 Å². The number of halogens is 1. The largest absolute Gasteiger partial charge is 0.492 e. The number of carbonyl (C=O) groups excluding carboxylic acids is 1. The summed E-state index contributed by atoms with van der Waals surface area (Å²) in [7, 11) is 0. The molecule has 0 N–H and O–H groups in total. The van der Waals surface area contributed by atoms with Gasteiger partial charge in [0.05, 0.1) is 41.5 Å². The molecule has 0 spiro atoms. The highest BCUT2D eigenvalue weighted by atomic mass is 79.9. The van der Waals surface area contributed by atoms with Crippen LogP contribution in [0.15, 0.2) is 63.6 Å². The van der Waals surface area contributed by atoms with Gasteiger partial charge in [0.15, 0.2) is 0 Å². The van der Waals surface area contributed by atoms with Gasteiger partial charge in [-0.3, -0.25) is 9.69 Å². The van der Waals surface area contributed by atoms with Crippen LogP contribution >= 0.6 is 27.7 Å². The van der Waals surface area contributed by atoms with E-state index >= 15 is 0 Å². The molecule has 1 saturated heterocycles. The fraction of sp³-hybridized carbons (Fsp3) is 0.273. The molecular weight excluding hydrogens is 450 g/mol. The Balaban J connectivity index is 1.65. The molecule has 0 aromatic heterocycles. The molecule has 0 radical (unpaired) electrons. The van der Waals surface area contributed by atoms with E-state index in [0.29, 0.717) is 31.1 Å². The minimum atomic E-state index is -0.193. The highest BCUT2D eigenvalue weighted by Crippen LogP contribution is 2.44. The van der Waals surface area contributed by atoms with E-state index in [2.05, 4.69) is 26.9 Å². The molecule has 0 saturated carbocycles. The lowest BCUT2D eigenvalue weighted by Crippen LogP contribution is -2.47. The van der Waals surface area contributed by atoms with Crippen molar-refractivity contribution in [3.63, 3.8) is 0 Å². The van der Waals surface area contributed by atoms with E-state index in [0.717, 1.165) is 26.5 Å². The first-order chi connectivity index (χ1) is 14.1. The number of carbonyl (C=O) groups is 1. The maximum atomic E-state index is 13.0. The summed E-state index contributed by atoms with van der Waals surface area (Å²) in [6, 6.07) is 18.1. The lowest BCUT2D eigenvalue weighted by atomic mass is 9.86. The van der Waals surface area contributed by atoms with Crippen LogP contribution in [0.2, 0.25) is 0 Å². The van der Waals surface area contributed by atoms with E-state index in [1.807, 2.05) is 55.5 Å². The first kappa shape index (κ1) is 19.9. The van der Waals surface area contributed by atoms with Gasteiger partial charge in [-0.2, -0.15) is 5.26 Å². The van der Waals surface area contributed by atoms with Crippen LogP contribution < -0.4 is 9.64 Å². The van der Waals surface area contributed by atoms with E-state index in [-0.39, 0.29) is 11.8 Å². The van der Waals surface area contributed by atoms with Gasteiger partial charge >= 0.3 is 0 Å². The lowest BCUT2D eigenvalue weighted by Gasteiger charge is -2.42. The summed E-state index contributed by atoms with van der Waals surface area (Å²) < 4.78 is 6.74. The third-order valence-corrected chi connectivity index (χ3v) is 6.75. The molecule has 0 aliphatic carbocycles. The van der Waals surface area contributed by atoms with Gasteiger partial charge in [0.1, 0.15) is 5.75 Å². The van der Waals surface area contributed by atoms with E-state index in [4.69, 9.17) is 4.74 Å². The molecular formula is C22H20BrN3O2S. The van der Waals surface area contributed by atoms with Crippen molar-refractivity contribution in [2.24, 2.45) is 0 Å². The number of thioether (sulfide) groups is 1. The molecule has 0 unspecified atom stereocenters. The van der Waals surface area contributed by atoms with E-state index in [1.165, 1.54) is 11.8 Å². The van der Waals surface area contributed by atoms with Crippen molar-refractivity contribution in [1.82, 2.24) is 4.90 Å². The third kappa shape index (κ3) is 3.87. The number of amides is 1. The number of nitriles is 1. The van der Waals surface area contributed by atoms with Crippen molar-refractivity contribution in [3.05, 3.63) is 69.2 Å². The highest BCUT2D eigenvalue weighted by molar-refractivity contribution is 9.10. The monoisotopic (exact) mass is 469 g/mol. The molecule has 2 aliphatic heterocycles. The number of anilines is 1. The number of fused-ring (bicyclic) bond motifs is 1. The van der Waals surface area contributed by atoms with E-state index < -0.39 is 0 Å².